The third kappa shape index (κ3) is 7.97. The van der Waals surface area contributed by atoms with Gasteiger partial charge in [0.2, 0.25) is 0 Å². The second-order valence-electron chi connectivity index (χ2n) is 5.12. The Morgan fingerprint density at radius 2 is 1.64 bits per heavy atom. The number of aromatic hydroxyl groups is 1. The third-order valence-corrected chi connectivity index (χ3v) is 3.25. The number of phenols is 1. The van der Waals surface area contributed by atoms with Gasteiger partial charge in [-0.05, 0) is 57.6 Å². The van der Waals surface area contributed by atoms with Crippen LogP contribution in [0.2, 0.25) is 0 Å². The summed E-state index contributed by atoms with van der Waals surface area (Å²) < 4.78 is 0. The first-order chi connectivity index (χ1) is 10.8. The van der Waals surface area contributed by atoms with E-state index in [0.29, 0.717) is 18.7 Å². The minimum Gasteiger partial charge on any atom is -0.507 e. The van der Waals surface area contributed by atoms with Crippen molar-refractivity contribution in [2.45, 2.75) is 19.3 Å². The van der Waals surface area contributed by atoms with Crippen LogP contribution in [-0.4, -0.2) is 50.3 Å². The minimum absolute atomic E-state index is 0.00803. The van der Waals surface area contributed by atoms with E-state index in [9.17, 15) is 9.90 Å². The molecule has 0 aliphatic carbocycles. The van der Waals surface area contributed by atoms with Crippen molar-refractivity contribution in [2.75, 3.05) is 39.3 Å². The fourth-order valence-corrected chi connectivity index (χ4v) is 2.01. The Balaban J connectivity index is 1.95. The van der Waals surface area contributed by atoms with Crippen LogP contribution < -0.4 is 21.7 Å². The van der Waals surface area contributed by atoms with Crippen molar-refractivity contribution in [1.29, 1.82) is 0 Å². The number of amides is 1. The summed E-state index contributed by atoms with van der Waals surface area (Å²) in [6.45, 7) is 4.94. The average Bonchev–Trinajstić information content (AvgIpc) is 2.53. The van der Waals surface area contributed by atoms with Crippen LogP contribution in [0.4, 0.5) is 0 Å². The van der Waals surface area contributed by atoms with Gasteiger partial charge in [0, 0.05) is 13.1 Å². The van der Waals surface area contributed by atoms with Gasteiger partial charge in [-0.25, -0.2) is 0 Å². The summed E-state index contributed by atoms with van der Waals surface area (Å²) in [5.41, 5.74) is 5.73. The van der Waals surface area contributed by atoms with E-state index in [4.69, 9.17) is 5.73 Å². The molecule has 6 N–H and O–H groups in total. The van der Waals surface area contributed by atoms with Gasteiger partial charge in [-0.15, -0.1) is 0 Å². The van der Waals surface area contributed by atoms with Crippen LogP contribution in [0.5, 0.6) is 5.75 Å². The molecular formula is C16H28N4O2. The van der Waals surface area contributed by atoms with Gasteiger partial charge in [0.1, 0.15) is 5.75 Å². The highest BCUT2D eigenvalue weighted by molar-refractivity contribution is 5.96. The van der Waals surface area contributed by atoms with Gasteiger partial charge in [-0.2, -0.15) is 0 Å². The van der Waals surface area contributed by atoms with Crippen LogP contribution in [0.15, 0.2) is 24.3 Å². The number of carbonyl (C=O) groups is 1. The van der Waals surface area contributed by atoms with Gasteiger partial charge in [0.05, 0.1) is 5.56 Å². The van der Waals surface area contributed by atoms with Crippen molar-refractivity contribution in [2.24, 2.45) is 5.73 Å². The summed E-state index contributed by atoms with van der Waals surface area (Å²) >= 11 is 0. The molecule has 6 heteroatoms. The second kappa shape index (κ2) is 12.0. The lowest BCUT2D eigenvalue weighted by atomic mass is 10.2. The molecular weight excluding hydrogens is 280 g/mol. The van der Waals surface area contributed by atoms with Gasteiger partial charge in [0.25, 0.3) is 5.91 Å². The number of para-hydroxylation sites is 1. The van der Waals surface area contributed by atoms with Crippen molar-refractivity contribution in [3.8, 4) is 5.75 Å². The van der Waals surface area contributed by atoms with E-state index in [2.05, 4.69) is 16.0 Å². The Morgan fingerprint density at radius 1 is 0.955 bits per heavy atom. The first-order valence-electron chi connectivity index (χ1n) is 7.93. The first-order valence-corrected chi connectivity index (χ1v) is 7.93. The molecule has 1 aromatic carbocycles. The van der Waals surface area contributed by atoms with E-state index < -0.39 is 0 Å². The molecule has 0 radical (unpaired) electrons. The lowest BCUT2D eigenvalue weighted by Crippen LogP contribution is -2.33. The fraction of sp³-hybridized carbons (Fsp3) is 0.562. The predicted molar refractivity (Wildman–Crippen MR) is 89.1 cm³/mol. The topological polar surface area (TPSA) is 99.4 Å². The molecule has 0 saturated carbocycles. The number of nitrogens with two attached hydrogens (primary N) is 1. The molecule has 1 amide bonds. The molecule has 6 nitrogen and oxygen atoms in total. The predicted octanol–water partition coefficient (Wildman–Crippen LogP) is 0.430. The minimum atomic E-state index is -0.249. The molecule has 0 fully saturated rings. The number of phenolic OH excluding ortho intramolecular Hbond substituents is 1. The number of rotatable bonds is 12. The standard InChI is InChI=1S/C16H28N4O2/c17-8-3-4-9-18-10-5-11-19-12-13-20-16(22)14-6-1-2-7-15(14)21/h1-2,6-7,18-19,21H,3-5,8-13,17H2,(H,20,22). The monoisotopic (exact) mass is 308 g/mol. The maximum atomic E-state index is 11.8. The summed E-state index contributed by atoms with van der Waals surface area (Å²) in [5.74, 6) is -0.241. The molecule has 0 saturated heterocycles. The quantitative estimate of drug-likeness (QED) is 0.361. The van der Waals surface area contributed by atoms with E-state index >= 15 is 0 Å². The van der Waals surface area contributed by atoms with E-state index in [1.165, 1.54) is 6.07 Å². The first kappa shape index (κ1) is 18.4. The number of unbranched alkanes of at least 4 members (excludes halogenated alkanes) is 1. The molecule has 0 atom stereocenters. The van der Waals surface area contributed by atoms with E-state index in [0.717, 1.165) is 45.4 Å². The van der Waals surface area contributed by atoms with Crippen LogP contribution in [0.25, 0.3) is 0 Å². The molecule has 0 aromatic heterocycles. The molecule has 124 valence electrons. The Hall–Kier alpha value is -1.63. The van der Waals surface area contributed by atoms with Gasteiger partial charge in [0.15, 0.2) is 0 Å². The zero-order chi connectivity index (χ0) is 16.0. The number of carbonyl (C=O) groups excluding carboxylic acids is 1. The molecule has 22 heavy (non-hydrogen) atoms. The highest BCUT2D eigenvalue weighted by Gasteiger charge is 2.08. The summed E-state index contributed by atoms with van der Waals surface area (Å²) in [5, 5.41) is 19.0. The van der Waals surface area contributed by atoms with E-state index in [1.54, 1.807) is 18.2 Å². The summed E-state index contributed by atoms with van der Waals surface area (Å²) in [6.07, 6.45) is 3.25. The van der Waals surface area contributed by atoms with Crippen molar-refractivity contribution >= 4 is 5.91 Å². The fourth-order valence-electron chi connectivity index (χ4n) is 2.01. The third-order valence-electron chi connectivity index (χ3n) is 3.25. The zero-order valence-corrected chi connectivity index (χ0v) is 13.1. The van der Waals surface area contributed by atoms with Crippen LogP contribution in [0.3, 0.4) is 0 Å². The van der Waals surface area contributed by atoms with Gasteiger partial charge in [-0.3, -0.25) is 4.79 Å². The van der Waals surface area contributed by atoms with Gasteiger partial charge < -0.3 is 26.8 Å². The van der Waals surface area contributed by atoms with E-state index in [-0.39, 0.29) is 11.7 Å². The van der Waals surface area contributed by atoms with Crippen molar-refractivity contribution in [1.82, 2.24) is 16.0 Å². The Morgan fingerprint density at radius 3 is 2.36 bits per heavy atom. The summed E-state index contributed by atoms with van der Waals surface area (Å²) in [4.78, 5) is 11.8. The molecule has 0 spiro atoms. The van der Waals surface area contributed by atoms with Crippen molar-refractivity contribution < 1.29 is 9.90 Å². The summed E-state index contributed by atoms with van der Waals surface area (Å²) in [6, 6.07) is 6.54. The molecule has 1 rings (SSSR count). The average molecular weight is 308 g/mol. The largest absolute Gasteiger partial charge is 0.507 e. The summed E-state index contributed by atoms with van der Waals surface area (Å²) in [7, 11) is 0. The van der Waals surface area contributed by atoms with Gasteiger partial charge in [-0.1, -0.05) is 12.1 Å². The number of benzene rings is 1. The highest BCUT2D eigenvalue weighted by atomic mass is 16.3. The Labute approximate surface area is 132 Å². The Bertz CT molecular complexity index is 426. The van der Waals surface area contributed by atoms with Crippen LogP contribution >= 0.6 is 0 Å². The Kier molecular flexibility index (Phi) is 10.0. The van der Waals surface area contributed by atoms with Crippen LogP contribution in [0, 0.1) is 0 Å². The van der Waals surface area contributed by atoms with Crippen molar-refractivity contribution in [3.63, 3.8) is 0 Å². The van der Waals surface area contributed by atoms with Crippen LogP contribution in [-0.2, 0) is 0 Å². The maximum Gasteiger partial charge on any atom is 0.255 e. The molecule has 1 aromatic rings. The molecule has 0 unspecified atom stereocenters. The maximum absolute atomic E-state index is 11.8. The van der Waals surface area contributed by atoms with Crippen LogP contribution in [0.1, 0.15) is 29.6 Å². The lowest BCUT2D eigenvalue weighted by Gasteiger charge is -2.08. The van der Waals surface area contributed by atoms with E-state index in [1.807, 2.05) is 0 Å². The molecule has 0 bridgehead atoms. The van der Waals surface area contributed by atoms with Gasteiger partial charge >= 0.3 is 0 Å². The molecule has 0 aliphatic heterocycles. The van der Waals surface area contributed by atoms with Crippen molar-refractivity contribution in [3.05, 3.63) is 29.8 Å². The number of hydrogen-bond donors (Lipinski definition) is 5. The SMILES string of the molecule is NCCCCNCCCNCCNC(=O)c1ccccc1O. The number of hydrogen-bond acceptors (Lipinski definition) is 5. The highest BCUT2D eigenvalue weighted by Crippen LogP contribution is 2.14. The normalized spacial score (nSPS) is 10.6. The lowest BCUT2D eigenvalue weighted by molar-refractivity contribution is 0.0951. The second-order valence-corrected chi connectivity index (χ2v) is 5.12. The molecule has 0 heterocycles. The zero-order valence-electron chi connectivity index (χ0n) is 13.1. The number of nitrogens with one attached hydrogen (secondary N) is 3. The molecule has 0 aliphatic rings. The smallest absolute Gasteiger partial charge is 0.255 e.